The first-order valence-corrected chi connectivity index (χ1v) is 25.8. The van der Waals surface area contributed by atoms with Gasteiger partial charge in [-0.25, -0.2) is 0 Å². The topological polar surface area (TPSA) is 0 Å². The fraction of sp³-hybridized carbons (Fsp3) is 1.00. The summed E-state index contributed by atoms with van der Waals surface area (Å²) in [5, 5.41) is 0. The van der Waals surface area contributed by atoms with Crippen molar-refractivity contribution in [1.82, 2.24) is 0 Å². The van der Waals surface area contributed by atoms with E-state index in [4.69, 9.17) is 0 Å². The van der Waals surface area contributed by atoms with Crippen LogP contribution in [0.5, 0.6) is 0 Å². The SMILES string of the molecule is CCCCCCC[CH2][Sn]([Br])([Br])[Br]. The van der Waals surface area contributed by atoms with Crippen LogP contribution in [-0.4, -0.2) is 11.7 Å². The van der Waals surface area contributed by atoms with Gasteiger partial charge in [0.1, 0.15) is 0 Å². The average molecular weight is 472 g/mol. The van der Waals surface area contributed by atoms with Crippen molar-refractivity contribution in [2.75, 3.05) is 0 Å². The third-order valence-electron chi connectivity index (χ3n) is 1.81. The van der Waals surface area contributed by atoms with Gasteiger partial charge in [-0.3, -0.25) is 0 Å². The van der Waals surface area contributed by atoms with Crippen LogP contribution in [-0.2, 0) is 0 Å². The van der Waals surface area contributed by atoms with Crippen LogP contribution in [0, 0.1) is 0 Å². The monoisotopic (exact) mass is 470 g/mol. The van der Waals surface area contributed by atoms with Crippen LogP contribution in [0.3, 0.4) is 0 Å². The summed E-state index contributed by atoms with van der Waals surface area (Å²) >= 11 is 9.17. The molecule has 4 heteroatoms. The van der Waals surface area contributed by atoms with Crippen LogP contribution >= 0.6 is 38.1 Å². The van der Waals surface area contributed by atoms with Gasteiger partial charge in [0.2, 0.25) is 0 Å². The number of hydrogen-bond donors (Lipinski definition) is 0. The molecule has 0 amide bonds. The van der Waals surface area contributed by atoms with E-state index in [9.17, 15) is 0 Å². The van der Waals surface area contributed by atoms with Crippen molar-refractivity contribution < 1.29 is 0 Å². The first-order valence-electron chi connectivity index (χ1n) is 4.63. The fourth-order valence-corrected chi connectivity index (χ4v) is 8.61. The molecule has 0 aromatic heterocycles. The predicted octanol–water partition coefficient (Wildman–Crippen LogP) is 5.47. The second-order valence-corrected chi connectivity index (χ2v) is 56.7. The maximum atomic E-state index is 3.70. The Hall–Kier alpha value is 2.24. The van der Waals surface area contributed by atoms with Crippen molar-refractivity contribution in [2.24, 2.45) is 0 Å². The molecule has 0 aliphatic heterocycles. The van der Waals surface area contributed by atoms with Gasteiger partial charge in [0.15, 0.2) is 0 Å². The normalized spacial score (nSPS) is 12.0. The molecule has 0 saturated heterocycles. The molecule has 0 saturated carbocycles. The van der Waals surface area contributed by atoms with E-state index in [-0.39, 0.29) is 0 Å². The molecule has 0 radical (unpaired) electrons. The summed E-state index contributed by atoms with van der Waals surface area (Å²) in [6, 6.07) is 0. The molecule has 0 bridgehead atoms. The zero-order valence-electron chi connectivity index (χ0n) is 7.58. The Morgan fingerprint density at radius 3 is 1.83 bits per heavy atom. The van der Waals surface area contributed by atoms with Crippen LogP contribution in [0.25, 0.3) is 0 Å². The van der Waals surface area contributed by atoms with Crippen molar-refractivity contribution in [2.45, 2.75) is 49.9 Å². The zero-order valence-corrected chi connectivity index (χ0v) is 15.2. The third-order valence-corrected chi connectivity index (χ3v) is 12.4. The molecular weight excluding hydrogens is 455 g/mol. The molecule has 0 atom stereocenters. The Bertz CT molecular complexity index is 101. The summed E-state index contributed by atoms with van der Waals surface area (Å²) < 4.78 is 1.35. The van der Waals surface area contributed by atoms with Crippen LogP contribution in [0.15, 0.2) is 0 Å². The van der Waals surface area contributed by atoms with Gasteiger partial charge in [-0.05, 0) is 0 Å². The van der Waals surface area contributed by atoms with E-state index in [0.29, 0.717) is 0 Å². The van der Waals surface area contributed by atoms with Gasteiger partial charge in [0.05, 0.1) is 0 Å². The fourth-order valence-electron chi connectivity index (χ4n) is 1.11. The van der Waals surface area contributed by atoms with Gasteiger partial charge in [0.25, 0.3) is 0 Å². The van der Waals surface area contributed by atoms with Crippen molar-refractivity contribution in [3.05, 3.63) is 0 Å². The van der Waals surface area contributed by atoms with Crippen molar-refractivity contribution >= 4 is 49.8 Å². The summed E-state index contributed by atoms with van der Waals surface area (Å²) in [7, 11) is 0. The molecule has 0 nitrogen and oxygen atoms in total. The summed E-state index contributed by atoms with van der Waals surface area (Å²) in [5.74, 6) is 0. The van der Waals surface area contributed by atoms with Gasteiger partial charge in [-0.1, -0.05) is 0 Å². The van der Waals surface area contributed by atoms with E-state index >= 15 is 0 Å². The van der Waals surface area contributed by atoms with E-state index in [0.717, 1.165) is 0 Å². The van der Waals surface area contributed by atoms with Crippen LogP contribution < -0.4 is 0 Å². The Kier molecular flexibility index (Phi) is 10.1. The first kappa shape index (κ1) is 14.2. The minimum absolute atomic E-state index is 1.35. The molecule has 0 fully saturated rings. The molecule has 0 aliphatic rings. The summed E-state index contributed by atoms with van der Waals surface area (Å²) in [6.07, 6.45) is 8.38. The van der Waals surface area contributed by atoms with Crippen LogP contribution in [0.4, 0.5) is 0 Å². The van der Waals surface area contributed by atoms with E-state index in [1.54, 1.807) is 0 Å². The Balaban J connectivity index is 3.01. The third kappa shape index (κ3) is 12.2. The van der Waals surface area contributed by atoms with Gasteiger partial charge in [-0.2, -0.15) is 0 Å². The molecule has 0 aromatic carbocycles. The van der Waals surface area contributed by atoms with Gasteiger partial charge < -0.3 is 0 Å². The van der Waals surface area contributed by atoms with Crippen LogP contribution in [0.1, 0.15) is 45.4 Å². The first-order chi connectivity index (χ1) is 5.56. The number of rotatable bonds is 7. The molecule has 0 rings (SSSR count). The van der Waals surface area contributed by atoms with E-state index in [1.807, 2.05) is 0 Å². The molecule has 0 N–H and O–H groups in total. The summed E-state index contributed by atoms with van der Waals surface area (Å²) in [6.45, 7) is 2.26. The number of halogens is 3. The van der Waals surface area contributed by atoms with E-state index < -0.39 is 11.7 Å². The Labute approximate surface area is 98.4 Å². The molecular formula is C8H17Br3Sn. The van der Waals surface area contributed by atoms with E-state index in [2.05, 4.69) is 45.0 Å². The Morgan fingerprint density at radius 1 is 0.833 bits per heavy atom. The molecule has 0 heterocycles. The predicted molar refractivity (Wildman–Crippen MR) is 70.7 cm³/mol. The molecule has 0 unspecified atom stereocenters. The van der Waals surface area contributed by atoms with Gasteiger partial charge >= 0.3 is 99.7 Å². The summed E-state index contributed by atoms with van der Waals surface area (Å²) in [4.78, 5) is 0. The van der Waals surface area contributed by atoms with Crippen molar-refractivity contribution in [1.29, 1.82) is 0 Å². The molecule has 0 spiro atoms. The molecule has 12 heavy (non-hydrogen) atoms. The summed E-state index contributed by atoms with van der Waals surface area (Å²) in [5.41, 5.74) is 0. The second-order valence-electron chi connectivity index (χ2n) is 3.13. The number of unbranched alkanes of at least 4 members (excludes halogenated alkanes) is 5. The standard InChI is InChI=1S/C8H17.3BrH.Sn/c1-3-5-7-8-6-4-2;;;;/h1,3-8H2,2H3;3*1H;/q;;;;+3/p-3. The average Bonchev–Trinajstić information content (AvgIpc) is 1.94. The minimum atomic E-state index is -1.94. The van der Waals surface area contributed by atoms with Gasteiger partial charge in [0, 0.05) is 0 Å². The number of hydrogen-bond acceptors (Lipinski definition) is 0. The molecule has 0 aliphatic carbocycles. The maximum absolute atomic E-state index is 3.70. The van der Waals surface area contributed by atoms with Crippen molar-refractivity contribution in [3.63, 3.8) is 0 Å². The molecule has 74 valence electrons. The zero-order chi connectivity index (χ0) is 9.45. The second kappa shape index (κ2) is 8.54. The van der Waals surface area contributed by atoms with E-state index in [1.165, 1.54) is 43.0 Å². The Morgan fingerprint density at radius 2 is 1.33 bits per heavy atom. The van der Waals surface area contributed by atoms with Gasteiger partial charge in [-0.15, -0.1) is 0 Å². The van der Waals surface area contributed by atoms with Crippen molar-refractivity contribution in [3.8, 4) is 0 Å². The quantitative estimate of drug-likeness (QED) is 0.341. The molecule has 0 aromatic rings. The van der Waals surface area contributed by atoms with Crippen LogP contribution in [0.2, 0.25) is 4.44 Å².